The maximum absolute atomic E-state index is 11.8. The van der Waals surface area contributed by atoms with E-state index in [9.17, 15) is 9.59 Å². The van der Waals surface area contributed by atoms with Crippen molar-refractivity contribution in [2.75, 3.05) is 13.6 Å². The Hall–Kier alpha value is -1.40. The topological polar surface area (TPSA) is 70.2 Å². The second-order valence-corrected chi connectivity index (χ2v) is 5.24. The lowest BCUT2D eigenvalue weighted by atomic mass is 10.3. The normalized spacial score (nSPS) is 11.9. The van der Waals surface area contributed by atoms with Crippen LogP contribution in [0, 0.1) is 0 Å². The number of hydrogen-bond donors (Lipinski definition) is 3. The predicted molar refractivity (Wildman–Crippen MR) is 72.7 cm³/mol. The van der Waals surface area contributed by atoms with Crippen LogP contribution in [0.4, 0.5) is 0 Å². The molecule has 0 saturated heterocycles. The summed E-state index contributed by atoms with van der Waals surface area (Å²) in [6, 6.07) is 3.88. The molecule has 0 radical (unpaired) electrons. The molecule has 1 rings (SSSR count). The summed E-state index contributed by atoms with van der Waals surface area (Å²) >= 11 is 1.40. The smallest absolute Gasteiger partial charge is 0.261 e. The summed E-state index contributed by atoms with van der Waals surface area (Å²) in [5.74, 6) is -0.145. The van der Waals surface area contributed by atoms with E-state index in [1.807, 2.05) is 20.0 Å². The minimum atomic E-state index is -0.0730. The molecule has 1 aromatic heterocycles. The third-order valence-electron chi connectivity index (χ3n) is 2.46. The van der Waals surface area contributed by atoms with Gasteiger partial charge in [-0.05, 0) is 26.1 Å². The Morgan fingerprint density at radius 1 is 1.33 bits per heavy atom. The average Bonchev–Trinajstić information content (AvgIpc) is 2.81. The molecule has 1 heterocycles. The molecule has 3 N–H and O–H groups in total. The fourth-order valence-electron chi connectivity index (χ4n) is 1.24. The van der Waals surface area contributed by atoms with Gasteiger partial charge in [-0.15, -0.1) is 11.3 Å². The van der Waals surface area contributed by atoms with Crippen LogP contribution in [-0.4, -0.2) is 31.4 Å². The predicted octanol–water partition coefficient (Wildman–Crippen LogP) is 0.722. The van der Waals surface area contributed by atoms with Crippen LogP contribution in [0.2, 0.25) is 0 Å². The molecule has 1 unspecified atom stereocenters. The van der Waals surface area contributed by atoms with Gasteiger partial charge in [0.15, 0.2) is 0 Å². The quantitative estimate of drug-likeness (QED) is 0.713. The van der Waals surface area contributed by atoms with Crippen LogP contribution < -0.4 is 16.0 Å². The molecular formula is C12H19N3O2S. The number of rotatable bonds is 6. The second kappa shape index (κ2) is 7.13. The molecule has 0 aliphatic carbocycles. The molecule has 0 saturated carbocycles. The number of amides is 2. The molecule has 0 aliphatic heterocycles. The van der Waals surface area contributed by atoms with E-state index >= 15 is 0 Å². The second-order valence-electron chi connectivity index (χ2n) is 4.08. The summed E-state index contributed by atoms with van der Waals surface area (Å²) in [6.45, 7) is 4.53. The fraction of sp³-hybridized carbons (Fsp3) is 0.500. The first kappa shape index (κ1) is 14.7. The summed E-state index contributed by atoms with van der Waals surface area (Å²) in [7, 11) is 1.85. The van der Waals surface area contributed by atoms with Crippen LogP contribution in [0.15, 0.2) is 12.1 Å². The molecule has 2 amide bonds. The zero-order valence-electron chi connectivity index (χ0n) is 10.9. The van der Waals surface area contributed by atoms with Crippen LogP contribution in [0.3, 0.4) is 0 Å². The number of hydrogen-bond acceptors (Lipinski definition) is 4. The SMILES string of the molecule is CNC(C)CNC(=O)c1ccc(CNC(C)=O)s1. The molecule has 0 aliphatic rings. The van der Waals surface area contributed by atoms with Crippen molar-refractivity contribution in [2.45, 2.75) is 26.4 Å². The highest BCUT2D eigenvalue weighted by molar-refractivity contribution is 7.14. The van der Waals surface area contributed by atoms with Crippen LogP contribution >= 0.6 is 11.3 Å². The molecule has 1 aromatic rings. The van der Waals surface area contributed by atoms with Gasteiger partial charge in [0.25, 0.3) is 5.91 Å². The lowest BCUT2D eigenvalue weighted by Crippen LogP contribution is -2.36. The van der Waals surface area contributed by atoms with Gasteiger partial charge < -0.3 is 16.0 Å². The number of carbonyl (C=O) groups is 2. The molecule has 0 spiro atoms. The molecule has 0 aromatic carbocycles. The van der Waals surface area contributed by atoms with E-state index in [0.717, 1.165) is 4.88 Å². The fourth-order valence-corrected chi connectivity index (χ4v) is 2.11. The van der Waals surface area contributed by atoms with E-state index in [2.05, 4.69) is 16.0 Å². The van der Waals surface area contributed by atoms with Gasteiger partial charge in [0, 0.05) is 24.4 Å². The van der Waals surface area contributed by atoms with E-state index in [-0.39, 0.29) is 17.9 Å². The van der Waals surface area contributed by atoms with E-state index in [1.165, 1.54) is 18.3 Å². The van der Waals surface area contributed by atoms with Crippen LogP contribution in [-0.2, 0) is 11.3 Å². The van der Waals surface area contributed by atoms with Crippen molar-refractivity contribution >= 4 is 23.2 Å². The zero-order valence-corrected chi connectivity index (χ0v) is 11.7. The molecule has 0 bridgehead atoms. The lowest BCUT2D eigenvalue weighted by molar-refractivity contribution is -0.119. The van der Waals surface area contributed by atoms with Crippen LogP contribution in [0.5, 0.6) is 0 Å². The maximum Gasteiger partial charge on any atom is 0.261 e. The van der Waals surface area contributed by atoms with Crippen molar-refractivity contribution < 1.29 is 9.59 Å². The lowest BCUT2D eigenvalue weighted by Gasteiger charge is -2.10. The third-order valence-corrected chi connectivity index (χ3v) is 3.54. The summed E-state index contributed by atoms with van der Waals surface area (Å²) in [5, 5.41) is 8.60. The Kier molecular flexibility index (Phi) is 5.80. The maximum atomic E-state index is 11.8. The monoisotopic (exact) mass is 269 g/mol. The van der Waals surface area contributed by atoms with Gasteiger partial charge in [0.05, 0.1) is 11.4 Å². The molecule has 18 heavy (non-hydrogen) atoms. The largest absolute Gasteiger partial charge is 0.351 e. The Morgan fingerprint density at radius 2 is 2.06 bits per heavy atom. The Bertz CT molecular complexity index is 417. The van der Waals surface area contributed by atoms with Crippen molar-refractivity contribution in [1.82, 2.24) is 16.0 Å². The van der Waals surface area contributed by atoms with E-state index in [0.29, 0.717) is 18.0 Å². The van der Waals surface area contributed by atoms with E-state index in [1.54, 1.807) is 6.07 Å². The number of likely N-dealkylation sites (N-methyl/N-ethyl adjacent to an activating group) is 1. The standard InChI is InChI=1S/C12H19N3O2S/c1-8(13-3)6-15-12(17)11-5-4-10(18-11)7-14-9(2)16/h4-5,8,13H,6-7H2,1-3H3,(H,14,16)(H,15,17). The summed E-state index contributed by atoms with van der Waals surface area (Å²) in [6.07, 6.45) is 0. The highest BCUT2D eigenvalue weighted by Gasteiger charge is 2.10. The molecular weight excluding hydrogens is 250 g/mol. The van der Waals surface area contributed by atoms with E-state index < -0.39 is 0 Å². The highest BCUT2D eigenvalue weighted by Crippen LogP contribution is 2.16. The Labute approximate surface area is 111 Å². The van der Waals surface area contributed by atoms with Crippen molar-refractivity contribution in [1.29, 1.82) is 0 Å². The van der Waals surface area contributed by atoms with Gasteiger partial charge in [-0.1, -0.05) is 0 Å². The van der Waals surface area contributed by atoms with Gasteiger partial charge in [-0.3, -0.25) is 9.59 Å². The van der Waals surface area contributed by atoms with Crippen molar-refractivity contribution in [2.24, 2.45) is 0 Å². The summed E-state index contributed by atoms with van der Waals surface area (Å²) in [5.41, 5.74) is 0. The first-order valence-corrected chi connectivity index (χ1v) is 6.63. The number of thiophene rings is 1. The van der Waals surface area contributed by atoms with E-state index in [4.69, 9.17) is 0 Å². The Morgan fingerprint density at radius 3 is 2.67 bits per heavy atom. The van der Waals surface area contributed by atoms with Gasteiger partial charge >= 0.3 is 0 Å². The first-order chi connectivity index (χ1) is 8.52. The minimum absolute atomic E-state index is 0.0720. The van der Waals surface area contributed by atoms with Gasteiger partial charge in [0.2, 0.25) is 5.91 Å². The Balaban J connectivity index is 2.46. The van der Waals surface area contributed by atoms with Crippen molar-refractivity contribution in [3.05, 3.63) is 21.9 Å². The van der Waals surface area contributed by atoms with Gasteiger partial charge in [-0.2, -0.15) is 0 Å². The van der Waals surface area contributed by atoms with Crippen molar-refractivity contribution in [3.63, 3.8) is 0 Å². The highest BCUT2D eigenvalue weighted by atomic mass is 32.1. The summed E-state index contributed by atoms with van der Waals surface area (Å²) in [4.78, 5) is 24.2. The minimum Gasteiger partial charge on any atom is -0.351 e. The van der Waals surface area contributed by atoms with Crippen molar-refractivity contribution in [3.8, 4) is 0 Å². The number of carbonyl (C=O) groups excluding carboxylic acids is 2. The number of nitrogens with one attached hydrogen (secondary N) is 3. The first-order valence-electron chi connectivity index (χ1n) is 5.81. The van der Waals surface area contributed by atoms with Crippen LogP contribution in [0.1, 0.15) is 28.4 Å². The van der Waals surface area contributed by atoms with Gasteiger partial charge in [-0.25, -0.2) is 0 Å². The third kappa shape index (κ3) is 4.85. The molecule has 100 valence electrons. The average molecular weight is 269 g/mol. The molecule has 0 fully saturated rings. The van der Waals surface area contributed by atoms with Crippen LogP contribution in [0.25, 0.3) is 0 Å². The zero-order chi connectivity index (χ0) is 13.5. The molecule has 1 atom stereocenters. The summed E-state index contributed by atoms with van der Waals surface area (Å²) < 4.78 is 0. The van der Waals surface area contributed by atoms with Gasteiger partial charge in [0.1, 0.15) is 0 Å². The molecule has 5 nitrogen and oxygen atoms in total. The molecule has 6 heteroatoms.